The van der Waals surface area contributed by atoms with E-state index in [1.807, 2.05) is 13.8 Å². The number of hydrogen-bond donors (Lipinski definition) is 12. The van der Waals surface area contributed by atoms with Crippen LogP contribution in [0.3, 0.4) is 0 Å². The van der Waals surface area contributed by atoms with Crippen molar-refractivity contribution < 1.29 is 103 Å². The SMILES string of the molecule is CC(C)CC(COCC(=O)NCCCO[C@@H]1OC(CO)[C@H](O)[C@H](O)C1C)(COCC(=O)NCCCO[C@@H]1OC(CO)[C@H](O)[C@H](O)C1C)COCC(=O)NCCCO[C@@H]1OC(CO)[C@H](O)[C@H](O)C1C. The Morgan fingerprint density at radius 2 is 0.779 bits per heavy atom. The van der Waals surface area contributed by atoms with Crippen LogP contribution in [0.25, 0.3) is 0 Å². The fourth-order valence-electron chi connectivity index (χ4n) is 8.13. The normalized spacial score (nSPS) is 33.0. The van der Waals surface area contributed by atoms with Crippen LogP contribution in [0, 0.1) is 29.1 Å². The van der Waals surface area contributed by atoms with Gasteiger partial charge in [-0.15, -0.1) is 0 Å². The van der Waals surface area contributed by atoms with Gasteiger partial charge in [-0.3, -0.25) is 14.4 Å². The molecule has 68 heavy (non-hydrogen) atoms. The molecule has 0 aromatic heterocycles. The molecule has 0 aromatic carbocycles. The zero-order chi connectivity index (χ0) is 50.4. The molecular formula is C44H81N3O21. The highest BCUT2D eigenvalue weighted by atomic mass is 16.7. The molecule has 3 saturated heterocycles. The number of carbonyl (C=O) groups is 3. The van der Waals surface area contributed by atoms with E-state index in [0.29, 0.717) is 25.7 Å². The van der Waals surface area contributed by atoms with E-state index < -0.39 is 135 Å². The predicted molar refractivity (Wildman–Crippen MR) is 236 cm³/mol. The van der Waals surface area contributed by atoms with E-state index in [0.717, 1.165) is 0 Å². The maximum atomic E-state index is 12.8. The maximum Gasteiger partial charge on any atom is 0.245 e. The van der Waals surface area contributed by atoms with Gasteiger partial charge in [0, 0.05) is 42.8 Å². The van der Waals surface area contributed by atoms with E-state index in [1.165, 1.54) is 0 Å². The van der Waals surface area contributed by atoms with Gasteiger partial charge in [-0.1, -0.05) is 34.6 Å². The Kier molecular flexibility index (Phi) is 27.5. The summed E-state index contributed by atoms with van der Waals surface area (Å²) in [6.45, 7) is 7.46. The molecular weight excluding hydrogens is 906 g/mol. The molecule has 0 aromatic rings. The van der Waals surface area contributed by atoms with Gasteiger partial charge in [-0.25, -0.2) is 0 Å². The van der Waals surface area contributed by atoms with Gasteiger partial charge in [0.25, 0.3) is 0 Å². The molecule has 0 saturated carbocycles. The van der Waals surface area contributed by atoms with Crippen LogP contribution >= 0.6 is 0 Å². The Morgan fingerprint density at radius 3 is 1.03 bits per heavy atom. The van der Waals surface area contributed by atoms with E-state index in [4.69, 9.17) is 42.6 Å². The number of amides is 3. The third-order valence-corrected chi connectivity index (χ3v) is 12.1. The summed E-state index contributed by atoms with van der Waals surface area (Å²) in [6.07, 6.45) is -11.1. The Balaban J connectivity index is 1.48. The minimum atomic E-state index is -1.24. The molecule has 3 heterocycles. The van der Waals surface area contributed by atoms with Crippen molar-refractivity contribution in [3.63, 3.8) is 0 Å². The van der Waals surface area contributed by atoms with Gasteiger partial charge in [-0.05, 0) is 31.6 Å². The van der Waals surface area contributed by atoms with Crippen molar-refractivity contribution in [1.82, 2.24) is 16.0 Å². The second-order valence-electron chi connectivity index (χ2n) is 18.5. The van der Waals surface area contributed by atoms with Crippen LogP contribution in [0.5, 0.6) is 0 Å². The summed E-state index contributed by atoms with van der Waals surface area (Å²) in [7, 11) is 0. The van der Waals surface area contributed by atoms with E-state index in [2.05, 4.69) is 16.0 Å². The van der Waals surface area contributed by atoms with Crippen molar-refractivity contribution in [2.24, 2.45) is 29.1 Å². The number of rotatable bonds is 32. The number of carbonyl (C=O) groups excluding carboxylic acids is 3. The van der Waals surface area contributed by atoms with Gasteiger partial charge >= 0.3 is 0 Å². The van der Waals surface area contributed by atoms with E-state index in [-0.39, 0.29) is 85.0 Å². The smallest absolute Gasteiger partial charge is 0.245 e. The third-order valence-electron chi connectivity index (χ3n) is 12.1. The van der Waals surface area contributed by atoms with Crippen molar-refractivity contribution in [1.29, 1.82) is 0 Å². The van der Waals surface area contributed by atoms with Gasteiger partial charge in [-0.2, -0.15) is 0 Å². The van der Waals surface area contributed by atoms with Gasteiger partial charge in [0.05, 0.1) is 77.8 Å². The summed E-state index contributed by atoms with van der Waals surface area (Å²) in [5.41, 5.74) is -0.908. The molecule has 0 radical (unpaired) electrons. The van der Waals surface area contributed by atoms with E-state index in [1.54, 1.807) is 20.8 Å². The average Bonchev–Trinajstić information content (AvgIpc) is 3.30. The molecule has 0 spiro atoms. The van der Waals surface area contributed by atoms with Crippen LogP contribution in [-0.4, -0.2) is 236 Å². The first-order chi connectivity index (χ1) is 32.4. The summed E-state index contributed by atoms with van der Waals surface area (Å²) < 4.78 is 51.5. The first kappa shape index (κ1) is 60.0. The number of ether oxygens (including phenoxy) is 9. The summed E-state index contributed by atoms with van der Waals surface area (Å²) in [5, 5.41) is 97.6. The topological polar surface area (TPSA) is 352 Å². The van der Waals surface area contributed by atoms with E-state index in [9.17, 15) is 60.3 Å². The second-order valence-corrected chi connectivity index (χ2v) is 18.5. The molecule has 3 fully saturated rings. The molecule has 3 amide bonds. The van der Waals surface area contributed by atoms with Gasteiger partial charge in [0.2, 0.25) is 17.7 Å². The zero-order valence-corrected chi connectivity index (χ0v) is 40.1. The molecule has 3 rings (SSSR count). The van der Waals surface area contributed by atoms with Gasteiger partial charge in [0.1, 0.15) is 56.4 Å². The maximum absolute atomic E-state index is 12.8. The Bertz CT molecular complexity index is 1280. The molecule has 0 bridgehead atoms. The number of aliphatic hydroxyl groups is 9. The quantitative estimate of drug-likeness (QED) is 0.0285. The summed E-state index contributed by atoms with van der Waals surface area (Å²) in [4.78, 5) is 38.4. The highest BCUT2D eigenvalue weighted by Gasteiger charge is 2.44. The molecule has 24 heteroatoms. The van der Waals surface area contributed by atoms with Crippen LogP contribution in [-0.2, 0) is 57.0 Å². The third kappa shape index (κ3) is 19.4. The molecule has 12 N–H and O–H groups in total. The van der Waals surface area contributed by atoms with Crippen molar-refractivity contribution in [2.75, 3.05) is 98.9 Å². The summed E-state index contributed by atoms with van der Waals surface area (Å²) >= 11 is 0. The molecule has 3 aliphatic heterocycles. The largest absolute Gasteiger partial charge is 0.394 e. The molecule has 6 unspecified atom stereocenters. The lowest BCUT2D eigenvalue weighted by atomic mass is 9.82. The van der Waals surface area contributed by atoms with Crippen molar-refractivity contribution in [3.05, 3.63) is 0 Å². The molecule has 15 atom stereocenters. The Morgan fingerprint density at radius 1 is 0.500 bits per heavy atom. The van der Waals surface area contributed by atoms with E-state index >= 15 is 0 Å². The number of hydrogen-bond acceptors (Lipinski definition) is 21. The Hall–Kier alpha value is -2.31. The van der Waals surface area contributed by atoms with Crippen molar-refractivity contribution in [2.45, 2.75) is 134 Å². The number of nitrogens with one attached hydrogen (secondary N) is 3. The zero-order valence-electron chi connectivity index (χ0n) is 40.1. The number of aliphatic hydroxyl groups excluding tert-OH is 9. The van der Waals surface area contributed by atoms with Crippen LogP contribution in [0.2, 0.25) is 0 Å². The average molecular weight is 988 g/mol. The first-order valence-corrected chi connectivity index (χ1v) is 23.6. The van der Waals surface area contributed by atoms with Crippen LogP contribution in [0.15, 0.2) is 0 Å². The van der Waals surface area contributed by atoms with Crippen LogP contribution in [0.1, 0.15) is 60.3 Å². The lowest BCUT2D eigenvalue weighted by Gasteiger charge is -2.40. The predicted octanol–water partition coefficient (Wildman–Crippen LogP) is -4.14. The lowest BCUT2D eigenvalue weighted by molar-refractivity contribution is -0.282. The minimum absolute atomic E-state index is 0.0359. The van der Waals surface area contributed by atoms with Gasteiger partial charge < -0.3 is 105 Å². The molecule has 24 nitrogen and oxygen atoms in total. The highest BCUT2D eigenvalue weighted by molar-refractivity contribution is 5.77. The molecule has 3 aliphatic rings. The lowest BCUT2D eigenvalue weighted by Crippen LogP contribution is -2.55. The van der Waals surface area contributed by atoms with Gasteiger partial charge in [0.15, 0.2) is 18.9 Å². The fourth-order valence-corrected chi connectivity index (χ4v) is 8.13. The minimum Gasteiger partial charge on any atom is -0.394 e. The van der Waals surface area contributed by atoms with Crippen LogP contribution < -0.4 is 16.0 Å². The molecule has 0 aliphatic carbocycles. The fraction of sp³-hybridized carbons (Fsp3) is 0.932. The monoisotopic (exact) mass is 988 g/mol. The summed E-state index contributed by atoms with van der Waals surface area (Å²) in [6, 6.07) is 0. The summed E-state index contributed by atoms with van der Waals surface area (Å²) in [5.74, 6) is -2.86. The van der Waals surface area contributed by atoms with Crippen molar-refractivity contribution >= 4 is 17.7 Å². The standard InChI is InChI=1S/C44H81N3O21/c1-25(2)15-44(22-60-19-32(51)45-9-6-12-63-41-26(3)35(54)38(57)29(16-48)66-41,23-61-20-33(52)46-10-7-13-64-42-27(4)36(55)39(58)30(17-49)67-42)24-62-21-34(53)47-11-8-14-65-43-28(5)37(56)40(59)31(18-50)68-43/h25-31,35-43,48-50,54-59H,6-24H2,1-5H3,(H,45,51)(H,46,52)(H,47,53)/t26?,27?,28?,29?,30?,31?,35-,36-,37-,38+,39+,40+,41-,42-,43-,44?/m1/s1. The second kappa shape index (κ2) is 31.2. The van der Waals surface area contributed by atoms with Crippen LogP contribution in [0.4, 0.5) is 0 Å². The Labute approximate surface area is 398 Å². The highest BCUT2D eigenvalue weighted by Crippen LogP contribution is 2.31. The van der Waals surface area contributed by atoms with Crippen molar-refractivity contribution in [3.8, 4) is 0 Å². The molecule has 398 valence electrons. The first-order valence-electron chi connectivity index (χ1n) is 23.6.